The van der Waals surface area contributed by atoms with E-state index < -0.39 is 17.4 Å². The van der Waals surface area contributed by atoms with Crippen LogP contribution in [0.25, 0.3) is 0 Å². The molecule has 1 heterocycles. The largest absolute Gasteiger partial charge is 0.464 e. The lowest BCUT2D eigenvalue weighted by Gasteiger charge is -2.46. The van der Waals surface area contributed by atoms with Gasteiger partial charge in [-0.1, -0.05) is 54.6 Å². The zero-order valence-corrected chi connectivity index (χ0v) is 23.4. The van der Waals surface area contributed by atoms with E-state index in [9.17, 15) is 14.4 Å². The maximum atomic E-state index is 12.8. The summed E-state index contributed by atoms with van der Waals surface area (Å²) >= 11 is 14.2. The molecule has 2 N–H and O–H groups in total. The fraction of sp³-hybridized carbons (Fsp3) is 0.385. The molecule has 1 atom stereocenters. The van der Waals surface area contributed by atoms with Gasteiger partial charge in [0.25, 0.3) is 5.91 Å². The molecule has 36 heavy (non-hydrogen) atoms. The molecule has 1 aromatic heterocycles. The van der Waals surface area contributed by atoms with Crippen LogP contribution in [0.15, 0.2) is 45.9 Å². The monoisotopic (exact) mass is 641 g/mol. The lowest BCUT2D eigenvalue weighted by Crippen LogP contribution is -2.53. The standard InChI is InChI=1S/C26H26Cl2IN3O4/c1-2-36-25(35)19(32-22-21(29)23(33)26(22)10-4-3-5-11-26)12-15-6-8-16(9-7-15)31-24(34)20-17(27)13-30-14-18(20)28/h6-9,13-14,19,32H,2-5,10-12H2,1H3,(H,31,34)/t19-/m0/s1. The molecule has 10 heteroatoms. The number of nitrogens with one attached hydrogen (secondary N) is 2. The second kappa shape index (κ2) is 11.5. The van der Waals surface area contributed by atoms with Gasteiger partial charge in [0.15, 0.2) is 5.78 Å². The summed E-state index contributed by atoms with van der Waals surface area (Å²) in [6.07, 6.45) is 7.86. The molecule has 1 spiro atoms. The first-order valence-corrected chi connectivity index (χ1v) is 13.7. The minimum absolute atomic E-state index is 0.151. The Morgan fingerprint density at radius 3 is 2.36 bits per heavy atom. The van der Waals surface area contributed by atoms with Crippen molar-refractivity contribution in [1.82, 2.24) is 10.3 Å². The highest BCUT2D eigenvalue weighted by molar-refractivity contribution is 14.1. The maximum absolute atomic E-state index is 12.8. The predicted molar refractivity (Wildman–Crippen MR) is 147 cm³/mol. The second-order valence-electron chi connectivity index (χ2n) is 8.94. The molecule has 0 bridgehead atoms. The van der Waals surface area contributed by atoms with Gasteiger partial charge >= 0.3 is 5.97 Å². The number of ether oxygens (including phenoxy) is 1. The van der Waals surface area contributed by atoms with Crippen molar-refractivity contribution in [2.24, 2.45) is 5.41 Å². The lowest BCUT2D eigenvalue weighted by molar-refractivity contribution is -0.146. The molecule has 1 amide bonds. The molecule has 2 aliphatic carbocycles. The van der Waals surface area contributed by atoms with Crippen LogP contribution in [-0.2, 0) is 20.7 Å². The van der Waals surface area contributed by atoms with Gasteiger partial charge < -0.3 is 15.4 Å². The molecule has 7 nitrogen and oxygen atoms in total. The normalized spacial score (nSPS) is 17.4. The van der Waals surface area contributed by atoms with Crippen molar-refractivity contribution in [1.29, 1.82) is 0 Å². The molecule has 1 saturated carbocycles. The molecular weight excluding hydrogens is 616 g/mol. The van der Waals surface area contributed by atoms with E-state index in [2.05, 4.69) is 38.2 Å². The summed E-state index contributed by atoms with van der Waals surface area (Å²) in [5, 5.41) is 6.48. The fourth-order valence-corrected chi connectivity index (χ4v) is 6.54. The van der Waals surface area contributed by atoms with Crippen LogP contribution in [0.3, 0.4) is 0 Å². The number of hydrogen-bond acceptors (Lipinski definition) is 6. The Bertz CT molecular complexity index is 1190. The zero-order chi connectivity index (χ0) is 25.9. The molecule has 1 aromatic carbocycles. The van der Waals surface area contributed by atoms with E-state index >= 15 is 0 Å². The number of rotatable bonds is 8. The number of aromatic nitrogens is 1. The first kappa shape index (κ1) is 26.9. The number of amides is 1. The molecule has 0 unspecified atom stereocenters. The van der Waals surface area contributed by atoms with Gasteiger partial charge in [0.05, 0.1) is 31.2 Å². The molecule has 2 aliphatic rings. The quantitative estimate of drug-likeness (QED) is 0.276. The zero-order valence-electron chi connectivity index (χ0n) is 19.7. The number of carbonyl (C=O) groups excluding carboxylic acids is 3. The van der Waals surface area contributed by atoms with Crippen LogP contribution >= 0.6 is 45.8 Å². The van der Waals surface area contributed by atoms with Crippen molar-refractivity contribution in [3.05, 3.63) is 67.1 Å². The summed E-state index contributed by atoms with van der Waals surface area (Å²) in [5.41, 5.74) is 1.97. The van der Waals surface area contributed by atoms with Crippen LogP contribution in [0.2, 0.25) is 10.0 Å². The predicted octanol–water partition coefficient (Wildman–Crippen LogP) is 5.88. The van der Waals surface area contributed by atoms with Crippen molar-refractivity contribution in [2.45, 2.75) is 51.5 Å². The molecule has 0 aliphatic heterocycles. The van der Waals surface area contributed by atoms with Gasteiger partial charge in [-0.05, 0) is 60.1 Å². The van der Waals surface area contributed by atoms with Gasteiger partial charge in [-0.2, -0.15) is 0 Å². The summed E-state index contributed by atoms with van der Waals surface area (Å²) in [6.45, 7) is 2.04. The van der Waals surface area contributed by atoms with E-state index in [1.165, 1.54) is 12.4 Å². The number of carbonyl (C=O) groups is 3. The summed E-state index contributed by atoms with van der Waals surface area (Å²) in [5.74, 6) is -0.624. The average molecular weight is 642 g/mol. The number of ketones is 1. The Morgan fingerprint density at radius 2 is 1.75 bits per heavy atom. The first-order chi connectivity index (χ1) is 17.3. The van der Waals surface area contributed by atoms with Gasteiger partial charge in [-0.3, -0.25) is 14.6 Å². The Kier molecular flexibility index (Phi) is 8.57. The van der Waals surface area contributed by atoms with E-state index in [4.69, 9.17) is 27.9 Å². The van der Waals surface area contributed by atoms with E-state index in [0.29, 0.717) is 15.7 Å². The van der Waals surface area contributed by atoms with Crippen LogP contribution in [0.4, 0.5) is 5.69 Å². The van der Waals surface area contributed by atoms with Crippen molar-refractivity contribution in [2.75, 3.05) is 11.9 Å². The third-order valence-corrected chi connectivity index (χ3v) is 8.26. The number of nitrogens with zero attached hydrogens (tertiary/aromatic N) is 1. The highest BCUT2D eigenvalue weighted by Crippen LogP contribution is 2.53. The van der Waals surface area contributed by atoms with Gasteiger partial charge in [0.2, 0.25) is 0 Å². The number of benzene rings is 1. The number of hydrogen-bond donors (Lipinski definition) is 2. The number of Topliss-reactive ketones (excluding diaryl/α,β-unsaturated/α-hetero) is 1. The minimum atomic E-state index is -0.633. The molecule has 190 valence electrons. The maximum Gasteiger partial charge on any atom is 0.328 e. The lowest BCUT2D eigenvalue weighted by atomic mass is 9.62. The Labute approximate surface area is 233 Å². The number of esters is 1. The van der Waals surface area contributed by atoms with Crippen molar-refractivity contribution in [3.63, 3.8) is 0 Å². The van der Waals surface area contributed by atoms with Crippen molar-refractivity contribution in [3.8, 4) is 0 Å². The number of anilines is 1. The van der Waals surface area contributed by atoms with E-state index in [1.807, 2.05) is 12.1 Å². The molecule has 4 rings (SSSR count). The first-order valence-electron chi connectivity index (χ1n) is 11.8. The van der Waals surface area contributed by atoms with Crippen molar-refractivity contribution < 1.29 is 19.1 Å². The van der Waals surface area contributed by atoms with E-state index in [-0.39, 0.29) is 34.0 Å². The Balaban J connectivity index is 1.48. The number of pyridine rings is 1. The van der Waals surface area contributed by atoms with Crippen LogP contribution in [0.5, 0.6) is 0 Å². The fourth-order valence-electron chi connectivity index (χ4n) is 4.81. The van der Waals surface area contributed by atoms with Crippen LogP contribution in [-0.4, -0.2) is 35.3 Å². The summed E-state index contributed by atoms with van der Waals surface area (Å²) in [7, 11) is 0. The third-order valence-electron chi connectivity index (χ3n) is 6.66. The SMILES string of the molecule is CCOC(=O)[C@H](Cc1ccc(NC(=O)c2c(Cl)cncc2Cl)cc1)NC1=C(I)C(=O)C12CCCCC2. The number of allylic oxidation sites excluding steroid dienone is 2. The van der Waals surface area contributed by atoms with Crippen LogP contribution in [0.1, 0.15) is 54.9 Å². The average Bonchev–Trinajstić information content (AvgIpc) is 2.87. The topological polar surface area (TPSA) is 97.4 Å². The molecule has 0 saturated heterocycles. The van der Waals surface area contributed by atoms with Crippen molar-refractivity contribution >= 4 is 69.1 Å². The van der Waals surface area contributed by atoms with E-state index in [0.717, 1.165) is 43.4 Å². The summed E-state index contributed by atoms with van der Waals surface area (Å²) < 4.78 is 6.01. The third kappa shape index (κ3) is 5.40. The van der Waals surface area contributed by atoms with Gasteiger partial charge in [-0.25, -0.2) is 4.79 Å². The highest BCUT2D eigenvalue weighted by Gasteiger charge is 2.53. The smallest absolute Gasteiger partial charge is 0.328 e. The number of halogens is 3. The van der Waals surface area contributed by atoms with Crippen LogP contribution in [0, 0.1) is 5.41 Å². The molecular formula is C26H26Cl2IN3O4. The summed E-state index contributed by atoms with van der Waals surface area (Å²) in [4.78, 5) is 42.1. The van der Waals surface area contributed by atoms with Crippen LogP contribution < -0.4 is 10.6 Å². The second-order valence-corrected chi connectivity index (χ2v) is 10.8. The molecule has 2 aromatic rings. The molecule has 1 fully saturated rings. The van der Waals surface area contributed by atoms with Gasteiger partial charge in [-0.15, -0.1) is 0 Å². The summed E-state index contributed by atoms with van der Waals surface area (Å²) in [6, 6.07) is 6.53. The molecule has 0 radical (unpaired) electrons. The Morgan fingerprint density at radius 1 is 1.11 bits per heavy atom. The minimum Gasteiger partial charge on any atom is -0.464 e. The Hall–Kier alpha value is -2.17. The van der Waals surface area contributed by atoms with Gasteiger partial charge in [0.1, 0.15) is 6.04 Å². The van der Waals surface area contributed by atoms with Gasteiger partial charge in [0, 0.05) is 30.2 Å². The highest BCUT2D eigenvalue weighted by atomic mass is 127. The van der Waals surface area contributed by atoms with E-state index in [1.54, 1.807) is 19.1 Å².